The number of carbonyl (C=O) groups is 5. The summed E-state index contributed by atoms with van der Waals surface area (Å²) < 4.78 is 30.9. The van der Waals surface area contributed by atoms with E-state index in [1.807, 2.05) is 5.48 Å². The quantitative estimate of drug-likeness (QED) is 0.0308. The van der Waals surface area contributed by atoms with E-state index < -0.39 is 36.8 Å². The van der Waals surface area contributed by atoms with Crippen molar-refractivity contribution in [1.82, 2.24) is 21.4 Å². The zero-order valence-corrected chi connectivity index (χ0v) is 21.7. The molecule has 7 N–H and O–H groups in total. The minimum absolute atomic E-state index is 0.0719. The average Bonchev–Trinajstić information content (AvgIpc) is 2.90. The fourth-order valence-corrected chi connectivity index (χ4v) is 2.16. The predicted octanol–water partition coefficient (Wildman–Crippen LogP) is -5.08. The van der Waals surface area contributed by atoms with Crippen molar-refractivity contribution in [2.24, 2.45) is 5.73 Å². The van der Waals surface area contributed by atoms with Gasteiger partial charge in [0.1, 0.15) is 33.2 Å². The Kier molecular flexibility index (Phi) is 24.6. The van der Waals surface area contributed by atoms with Crippen LogP contribution in [-0.4, -0.2) is 140 Å². The van der Waals surface area contributed by atoms with Crippen LogP contribution in [0.3, 0.4) is 0 Å². The van der Waals surface area contributed by atoms with E-state index in [1.165, 1.54) is 0 Å². The average molecular weight is 570 g/mol. The van der Waals surface area contributed by atoms with Crippen molar-refractivity contribution in [2.45, 2.75) is 0 Å². The lowest BCUT2D eigenvalue weighted by Crippen LogP contribution is -2.33. The van der Waals surface area contributed by atoms with Crippen molar-refractivity contribution in [3.8, 4) is 0 Å². The maximum atomic E-state index is 11.6. The Labute approximate surface area is 225 Å². The number of rotatable bonds is 27. The van der Waals surface area contributed by atoms with Crippen LogP contribution in [0.1, 0.15) is 0 Å². The maximum Gasteiger partial charge on any atom is 0.269 e. The molecule has 0 atom stereocenters. The van der Waals surface area contributed by atoms with Crippen LogP contribution in [0.25, 0.3) is 0 Å². The molecule has 18 nitrogen and oxygen atoms in total. The lowest BCUT2D eigenvalue weighted by molar-refractivity contribution is -0.142. The molecule has 18 heteroatoms. The first kappa shape index (κ1) is 36.0. The fourth-order valence-electron chi connectivity index (χ4n) is 2.16. The summed E-state index contributed by atoms with van der Waals surface area (Å²) in [5.74, 6) is -2.51. The molecule has 0 radical (unpaired) electrons. The van der Waals surface area contributed by atoms with Crippen LogP contribution in [0, 0.1) is 0 Å². The number of hydrogen-bond donors (Lipinski definition) is 6. The van der Waals surface area contributed by atoms with E-state index in [2.05, 4.69) is 20.8 Å². The summed E-state index contributed by atoms with van der Waals surface area (Å²) in [6, 6.07) is 0. The molecule has 0 saturated carbocycles. The second-order valence-corrected chi connectivity index (χ2v) is 7.17. The fraction of sp³-hybridized carbons (Fsp3) is 0.762. The van der Waals surface area contributed by atoms with Crippen LogP contribution in [0.2, 0.25) is 0 Å². The van der Waals surface area contributed by atoms with Crippen molar-refractivity contribution in [2.75, 3.05) is 106 Å². The van der Waals surface area contributed by atoms with Gasteiger partial charge in [0.25, 0.3) is 5.91 Å². The van der Waals surface area contributed by atoms with E-state index >= 15 is 0 Å². The largest absolute Gasteiger partial charge is 0.387 e. The smallest absolute Gasteiger partial charge is 0.269 e. The van der Waals surface area contributed by atoms with E-state index in [9.17, 15) is 24.0 Å². The number of amides is 5. The lowest BCUT2D eigenvalue weighted by atomic mass is 10.5. The third-order valence-electron chi connectivity index (χ3n) is 3.87. The van der Waals surface area contributed by atoms with Crippen LogP contribution in [0.5, 0.6) is 0 Å². The van der Waals surface area contributed by atoms with E-state index in [1.54, 1.807) is 0 Å². The predicted molar refractivity (Wildman–Crippen MR) is 129 cm³/mol. The Morgan fingerprint density at radius 3 is 1.54 bits per heavy atom. The molecule has 0 aliphatic heterocycles. The third kappa shape index (κ3) is 27.9. The Bertz CT molecular complexity index is 699. The van der Waals surface area contributed by atoms with Gasteiger partial charge in [-0.3, -0.25) is 28.8 Å². The summed E-state index contributed by atoms with van der Waals surface area (Å²) in [6.45, 7) is 0.429. The SMILES string of the molecule is NC(=O)CONC(=O)COCCOCNC(=O)COCCOCCNC(=O)COCCOCCNC(=O)CO. The molecule has 0 fully saturated rings. The number of primary amides is 1. The molecule has 0 heterocycles. The van der Waals surface area contributed by atoms with E-state index in [0.29, 0.717) is 0 Å². The zero-order valence-electron chi connectivity index (χ0n) is 21.7. The molecule has 0 aromatic rings. The highest BCUT2D eigenvalue weighted by atomic mass is 16.7. The summed E-state index contributed by atoms with van der Waals surface area (Å²) in [5.41, 5.74) is 6.80. The monoisotopic (exact) mass is 569 g/mol. The number of ether oxygens (including phenoxy) is 6. The van der Waals surface area contributed by atoms with Crippen LogP contribution < -0.4 is 27.2 Å². The Hall–Kier alpha value is -2.97. The molecule has 0 aliphatic rings. The Morgan fingerprint density at radius 2 is 1.00 bits per heavy atom. The van der Waals surface area contributed by atoms with E-state index in [4.69, 9.17) is 39.3 Å². The Balaban J connectivity index is 3.36. The molecule has 0 aromatic carbocycles. The lowest BCUT2D eigenvalue weighted by Gasteiger charge is -2.09. The molecule has 0 aliphatic carbocycles. The zero-order chi connectivity index (χ0) is 29.0. The van der Waals surface area contributed by atoms with Crippen LogP contribution >= 0.6 is 0 Å². The number of nitrogens with one attached hydrogen (secondary N) is 4. The molecule has 226 valence electrons. The summed E-state index contributed by atoms with van der Waals surface area (Å²) in [7, 11) is 0. The second-order valence-electron chi connectivity index (χ2n) is 7.17. The molecule has 0 unspecified atom stereocenters. The van der Waals surface area contributed by atoms with Gasteiger partial charge in [0.15, 0.2) is 6.61 Å². The molecule has 0 rings (SSSR count). The number of hydroxylamine groups is 1. The first-order valence-corrected chi connectivity index (χ1v) is 11.9. The van der Waals surface area contributed by atoms with Gasteiger partial charge in [0.2, 0.25) is 23.6 Å². The van der Waals surface area contributed by atoms with Gasteiger partial charge in [0.05, 0.1) is 52.9 Å². The number of nitrogens with two attached hydrogens (primary N) is 1. The van der Waals surface area contributed by atoms with Gasteiger partial charge in [0, 0.05) is 13.1 Å². The van der Waals surface area contributed by atoms with Gasteiger partial charge in [-0.2, -0.15) is 0 Å². The molecular formula is C21H39N5O13. The normalized spacial score (nSPS) is 10.6. The minimum Gasteiger partial charge on any atom is -0.387 e. The van der Waals surface area contributed by atoms with Crippen molar-refractivity contribution in [1.29, 1.82) is 0 Å². The van der Waals surface area contributed by atoms with E-state index in [-0.39, 0.29) is 98.4 Å². The number of hydrogen-bond acceptors (Lipinski definition) is 13. The summed E-state index contributed by atoms with van der Waals surface area (Å²) in [4.78, 5) is 60.2. The van der Waals surface area contributed by atoms with Gasteiger partial charge in [-0.1, -0.05) is 0 Å². The van der Waals surface area contributed by atoms with Gasteiger partial charge in [-0.15, -0.1) is 0 Å². The molecule has 0 aromatic heterocycles. The van der Waals surface area contributed by atoms with Crippen LogP contribution in [0.15, 0.2) is 0 Å². The van der Waals surface area contributed by atoms with E-state index in [0.717, 1.165) is 0 Å². The molecule has 5 amide bonds. The topological polar surface area (TPSA) is 244 Å². The second kappa shape index (κ2) is 26.6. The Morgan fingerprint density at radius 1 is 0.538 bits per heavy atom. The van der Waals surface area contributed by atoms with Gasteiger partial charge >= 0.3 is 0 Å². The number of aliphatic hydroxyl groups is 1. The molecule has 0 saturated heterocycles. The maximum absolute atomic E-state index is 11.6. The van der Waals surface area contributed by atoms with Crippen molar-refractivity contribution >= 4 is 29.5 Å². The highest BCUT2D eigenvalue weighted by Crippen LogP contribution is 1.83. The standard InChI is InChI=1S/C21H39N5O13/c22-17(28)12-39-26-21(32)15-37-9-10-38-16-25-20(31)14-36-8-6-34-4-2-24-19(30)13-35-7-5-33-3-1-23-18(29)11-27/h27H,1-16H2,(H2,22,28)(H,23,29)(H,24,30)(H,25,31)(H,26,32). The van der Waals surface area contributed by atoms with Crippen LogP contribution in [0.4, 0.5) is 0 Å². The minimum atomic E-state index is -0.728. The van der Waals surface area contributed by atoms with Gasteiger partial charge in [-0.05, 0) is 0 Å². The van der Waals surface area contributed by atoms with Crippen molar-refractivity contribution in [3.63, 3.8) is 0 Å². The van der Waals surface area contributed by atoms with Crippen molar-refractivity contribution < 1.29 is 62.3 Å². The molecule has 0 bridgehead atoms. The molecule has 0 spiro atoms. The molecule has 39 heavy (non-hydrogen) atoms. The first-order chi connectivity index (χ1) is 18.8. The summed E-state index contributed by atoms with van der Waals surface area (Å²) in [6.07, 6.45) is 0. The number of carbonyl (C=O) groups excluding carboxylic acids is 5. The molecular weight excluding hydrogens is 530 g/mol. The van der Waals surface area contributed by atoms with Crippen LogP contribution in [-0.2, 0) is 57.2 Å². The summed E-state index contributed by atoms with van der Waals surface area (Å²) in [5, 5.41) is 16.0. The highest BCUT2D eigenvalue weighted by molar-refractivity contribution is 5.78. The van der Waals surface area contributed by atoms with Gasteiger partial charge < -0.3 is 55.2 Å². The van der Waals surface area contributed by atoms with Crippen molar-refractivity contribution in [3.05, 3.63) is 0 Å². The van der Waals surface area contributed by atoms with Gasteiger partial charge in [-0.25, -0.2) is 5.48 Å². The number of aliphatic hydroxyl groups excluding tert-OH is 1. The third-order valence-corrected chi connectivity index (χ3v) is 3.87. The first-order valence-electron chi connectivity index (χ1n) is 11.9. The summed E-state index contributed by atoms with van der Waals surface area (Å²) >= 11 is 0. The highest BCUT2D eigenvalue weighted by Gasteiger charge is 2.04.